The molecule has 1 aliphatic rings. The number of carbonyl (C=O) groups is 3. The maximum Gasteiger partial charge on any atom is 0.348 e. The molecule has 1 aliphatic carbocycles. The van der Waals surface area contributed by atoms with Crippen LogP contribution >= 0.6 is 11.3 Å². The van der Waals surface area contributed by atoms with E-state index in [1.165, 1.54) is 0 Å². The molecule has 0 saturated carbocycles. The number of carboxylic acids is 1. The molecule has 1 aromatic rings. The smallest absolute Gasteiger partial charge is 0.348 e. The Morgan fingerprint density at radius 2 is 1.96 bits per heavy atom. The van der Waals surface area contributed by atoms with Crippen molar-refractivity contribution >= 4 is 34.2 Å². The molecule has 2 unspecified atom stereocenters. The molecule has 0 radical (unpaired) electrons. The lowest BCUT2D eigenvalue weighted by Crippen LogP contribution is -2.34. The first kappa shape index (κ1) is 17.2. The minimum atomic E-state index is -0.968. The molecule has 0 spiro atoms. The molecule has 0 bridgehead atoms. The second kappa shape index (κ2) is 7.41. The molecule has 1 amide bonds. The molecule has 23 heavy (non-hydrogen) atoms. The lowest BCUT2D eigenvalue weighted by atomic mass is 9.82. The Morgan fingerprint density at radius 3 is 2.57 bits per heavy atom. The summed E-state index contributed by atoms with van der Waals surface area (Å²) in [5, 5.41) is 12.5. The zero-order valence-corrected chi connectivity index (χ0v) is 13.8. The summed E-state index contributed by atoms with van der Waals surface area (Å²) in [6.07, 6.45) is 4.37. The topological polar surface area (TPSA) is 92.7 Å². The van der Waals surface area contributed by atoms with Crippen LogP contribution < -0.4 is 5.32 Å². The number of carboxylic acid groups (broad SMARTS) is 1. The first-order valence-electron chi connectivity index (χ1n) is 7.40. The van der Waals surface area contributed by atoms with Gasteiger partial charge in [-0.15, -0.1) is 11.3 Å². The summed E-state index contributed by atoms with van der Waals surface area (Å²) < 4.78 is 4.96. The van der Waals surface area contributed by atoms with Gasteiger partial charge in [0.25, 0.3) is 0 Å². The highest BCUT2D eigenvalue weighted by atomic mass is 32.1. The lowest BCUT2D eigenvalue weighted by Gasteiger charge is -2.23. The monoisotopic (exact) mass is 337 g/mol. The van der Waals surface area contributed by atoms with Gasteiger partial charge in [0.2, 0.25) is 5.91 Å². The highest BCUT2D eigenvalue weighted by molar-refractivity contribution is 7.18. The molecule has 1 heterocycles. The number of carbonyl (C=O) groups excluding carboxylic acids is 2. The van der Waals surface area contributed by atoms with Crippen LogP contribution in [0.25, 0.3) is 0 Å². The molecule has 6 nitrogen and oxygen atoms in total. The maximum atomic E-state index is 12.4. The van der Waals surface area contributed by atoms with Gasteiger partial charge in [-0.3, -0.25) is 9.59 Å². The van der Waals surface area contributed by atoms with Crippen LogP contribution in [0.15, 0.2) is 18.2 Å². The average Bonchev–Trinajstić information content (AvgIpc) is 2.88. The summed E-state index contributed by atoms with van der Waals surface area (Å²) in [4.78, 5) is 35.9. The molecule has 124 valence electrons. The van der Waals surface area contributed by atoms with Crippen molar-refractivity contribution in [3.8, 4) is 0 Å². The number of hydrogen-bond acceptors (Lipinski definition) is 5. The highest BCUT2D eigenvalue weighted by Crippen LogP contribution is 2.31. The van der Waals surface area contributed by atoms with Crippen LogP contribution in [0.4, 0.5) is 5.00 Å². The van der Waals surface area contributed by atoms with E-state index in [9.17, 15) is 19.5 Å². The summed E-state index contributed by atoms with van der Waals surface area (Å²) in [5.74, 6) is -3.04. The van der Waals surface area contributed by atoms with Gasteiger partial charge in [-0.05, 0) is 38.3 Å². The van der Waals surface area contributed by atoms with Crippen molar-refractivity contribution < 1.29 is 24.2 Å². The number of thiophene rings is 1. The summed E-state index contributed by atoms with van der Waals surface area (Å²) >= 11 is 1.14. The minimum Gasteiger partial charge on any atom is -0.481 e. The molecule has 0 fully saturated rings. The van der Waals surface area contributed by atoms with Crippen LogP contribution in [0.5, 0.6) is 0 Å². The molecule has 0 aromatic carbocycles. The first-order chi connectivity index (χ1) is 10.9. The molecule has 2 atom stereocenters. The molecule has 0 aliphatic heterocycles. The predicted molar refractivity (Wildman–Crippen MR) is 86.6 cm³/mol. The normalized spacial score (nSPS) is 20.1. The first-order valence-corrected chi connectivity index (χ1v) is 8.21. The number of nitrogens with one attached hydrogen (secondary N) is 1. The molecule has 2 rings (SSSR count). The summed E-state index contributed by atoms with van der Waals surface area (Å²) in [6.45, 7) is 3.78. The van der Waals surface area contributed by atoms with E-state index in [0.717, 1.165) is 16.9 Å². The number of amides is 1. The SMILES string of the molecule is CCOC(=O)c1sc(NC(=O)C2CC=CCC2C(=O)O)cc1C. The number of anilines is 1. The van der Waals surface area contributed by atoms with Crippen molar-refractivity contribution in [2.45, 2.75) is 26.7 Å². The van der Waals surface area contributed by atoms with Crippen molar-refractivity contribution in [1.29, 1.82) is 0 Å². The lowest BCUT2D eigenvalue weighted by molar-refractivity contribution is -0.146. The largest absolute Gasteiger partial charge is 0.481 e. The molecular weight excluding hydrogens is 318 g/mol. The molecular formula is C16H19NO5S. The average molecular weight is 337 g/mol. The Balaban J connectivity index is 2.11. The van der Waals surface area contributed by atoms with Crippen LogP contribution in [0, 0.1) is 18.8 Å². The van der Waals surface area contributed by atoms with Crippen molar-refractivity contribution in [2.24, 2.45) is 11.8 Å². The van der Waals surface area contributed by atoms with E-state index in [1.54, 1.807) is 26.0 Å². The van der Waals surface area contributed by atoms with Crippen LogP contribution in [0.3, 0.4) is 0 Å². The second-order valence-electron chi connectivity index (χ2n) is 5.33. The van der Waals surface area contributed by atoms with Crippen LogP contribution in [0.1, 0.15) is 35.0 Å². The Hall–Kier alpha value is -2.15. The Bertz CT molecular complexity index is 649. The number of ether oxygens (including phenoxy) is 1. The van der Waals surface area contributed by atoms with Crippen LogP contribution in [0.2, 0.25) is 0 Å². The zero-order chi connectivity index (χ0) is 17.0. The van der Waals surface area contributed by atoms with Gasteiger partial charge < -0.3 is 15.2 Å². The number of hydrogen-bond donors (Lipinski definition) is 2. The van der Waals surface area contributed by atoms with Gasteiger partial charge in [-0.1, -0.05) is 12.2 Å². The standard InChI is InChI=1S/C16H19NO5S/c1-3-22-16(21)13-9(2)8-12(23-13)17-14(18)10-6-4-5-7-11(10)15(19)20/h4-5,8,10-11H,3,6-7H2,1-2H3,(H,17,18)(H,19,20). The minimum absolute atomic E-state index is 0.284. The van der Waals surface area contributed by atoms with Crippen molar-refractivity contribution in [1.82, 2.24) is 0 Å². The fourth-order valence-electron chi connectivity index (χ4n) is 2.53. The third-order valence-corrected chi connectivity index (χ3v) is 4.84. The summed E-state index contributed by atoms with van der Waals surface area (Å²) in [6, 6.07) is 1.70. The van der Waals surface area contributed by atoms with E-state index in [0.29, 0.717) is 22.7 Å². The van der Waals surface area contributed by atoms with Crippen LogP contribution in [-0.4, -0.2) is 29.6 Å². The number of allylic oxidation sites excluding steroid dienone is 2. The molecule has 2 N–H and O–H groups in total. The van der Waals surface area contributed by atoms with E-state index in [2.05, 4.69) is 5.32 Å². The third-order valence-electron chi connectivity index (χ3n) is 3.71. The van der Waals surface area contributed by atoms with Crippen molar-refractivity contribution in [3.63, 3.8) is 0 Å². The number of esters is 1. The van der Waals surface area contributed by atoms with Crippen molar-refractivity contribution in [3.05, 3.63) is 28.7 Å². The fraction of sp³-hybridized carbons (Fsp3) is 0.438. The van der Waals surface area contributed by atoms with Gasteiger partial charge >= 0.3 is 11.9 Å². The van der Waals surface area contributed by atoms with Gasteiger partial charge in [-0.25, -0.2) is 4.79 Å². The summed E-state index contributed by atoms with van der Waals surface area (Å²) in [7, 11) is 0. The van der Waals surface area contributed by atoms with Gasteiger partial charge in [0, 0.05) is 0 Å². The third kappa shape index (κ3) is 3.98. The molecule has 7 heteroatoms. The van der Waals surface area contributed by atoms with Gasteiger partial charge in [0.15, 0.2) is 0 Å². The van der Waals surface area contributed by atoms with Gasteiger partial charge in [0.1, 0.15) is 4.88 Å². The zero-order valence-electron chi connectivity index (χ0n) is 13.0. The van der Waals surface area contributed by atoms with Gasteiger partial charge in [0.05, 0.1) is 23.4 Å². The number of rotatable bonds is 5. The Morgan fingerprint density at radius 1 is 1.30 bits per heavy atom. The Labute approximate surface area is 138 Å². The number of aliphatic carboxylic acids is 1. The Kier molecular flexibility index (Phi) is 5.54. The predicted octanol–water partition coefficient (Wildman–Crippen LogP) is 2.84. The quantitative estimate of drug-likeness (QED) is 0.636. The molecule has 1 aromatic heterocycles. The van der Waals surface area contributed by atoms with E-state index in [1.807, 2.05) is 6.08 Å². The van der Waals surface area contributed by atoms with Crippen LogP contribution in [-0.2, 0) is 14.3 Å². The van der Waals surface area contributed by atoms with E-state index >= 15 is 0 Å². The van der Waals surface area contributed by atoms with Gasteiger partial charge in [-0.2, -0.15) is 0 Å². The second-order valence-corrected chi connectivity index (χ2v) is 6.38. The van der Waals surface area contributed by atoms with Crippen molar-refractivity contribution in [2.75, 3.05) is 11.9 Å². The fourth-order valence-corrected chi connectivity index (χ4v) is 3.50. The van der Waals surface area contributed by atoms with E-state index < -0.39 is 23.8 Å². The number of aryl methyl sites for hydroxylation is 1. The van der Waals surface area contributed by atoms with E-state index in [4.69, 9.17) is 4.74 Å². The molecule has 0 saturated heterocycles. The summed E-state index contributed by atoms with van der Waals surface area (Å²) in [5.41, 5.74) is 0.724. The highest BCUT2D eigenvalue weighted by Gasteiger charge is 2.34. The van der Waals surface area contributed by atoms with E-state index in [-0.39, 0.29) is 12.5 Å². The maximum absolute atomic E-state index is 12.4.